The fourth-order valence-corrected chi connectivity index (χ4v) is 1.33. The Morgan fingerprint density at radius 2 is 1.84 bits per heavy atom. The third-order valence-electron chi connectivity index (χ3n) is 2.26. The Kier molecular flexibility index (Phi) is 5.66. The number of aliphatic carboxylic acids is 1. The van der Waals surface area contributed by atoms with Gasteiger partial charge in [-0.05, 0) is 26.0 Å². The van der Waals surface area contributed by atoms with Crippen molar-refractivity contribution in [2.24, 2.45) is 0 Å². The van der Waals surface area contributed by atoms with Crippen LogP contribution in [0.15, 0.2) is 24.3 Å². The molecule has 19 heavy (non-hydrogen) atoms. The Morgan fingerprint density at radius 1 is 1.26 bits per heavy atom. The van der Waals surface area contributed by atoms with Gasteiger partial charge in [-0.1, -0.05) is 12.1 Å². The predicted octanol–water partition coefficient (Wildman–Crippen LogP) is 1.05. The van der Waals surface area contributed by atoms with Gasteiger partial charge in [0.05, 0.1) is 6.61 Å². The van der Waals surface area contributed by atoms with E-state index in [0.717, 1.165) is 0 Å². The highest BCUT2D eigenvalue weighted by Crippen LogP contribution is 2.26. The first-order chi connectivity index (χ1) is 9.04. The number of ether oxygens (including phenoxy) is 2. The van der Waals surface area contributed by atoms with Gasteiger partial charge in [0.15, 0.2) is 18.1 Å². The van der Waals surface area contributed by atoms with Crippen LogP contribution in [-0.2, 0) is 9.59 Å². The molecule has 0 bridgehead atoms. The number of hydrogen-bond acceptors (Lipinski definition) is 4. The number of carbonyl (C=O) groups excluding carboxylic acids is 1. The molecule has 0 saturated heterocycles. The SMILES string of the molecule is CCOc1ccccc1OCC(=O)N[C@H](C)C(=O)O. The second-order valence-electron chi connectivity index (χ2n) is 3.80. The Labute approximate surface area is 111 Å². The molecule has 2 N–H and O–H groups in total. The first-order valence-corrected chi connectivity index (χ1v) is 5.91. The third-order valence-corrected chi connectivity index (χ3v) is 2.26. The highest BCUT2D eigenvalue weighted by atomic mass is 16.5. The van der Waals surface area contributed by atoms with Crippen LogP contribution in [-0.4, -0.2) is 36.2 Å². The largest absolute Gasteiger partial charge is 0.490 e. The maximum absolute atomic E-state index is 11.5. The molecule has 0 heterocycles. The molecule has 0 aliphatic rings. The minimum absolute atomic E-state index is 0.262. The molecule has 0 saturated carbocycles. The molecule has 104 valence electrons. The lowest BCUT2D eigenvalue weighted by molar-refractivity contribution is -0.141. The lowest BCUT2D eigenvalue weighted by atomic mass is 10.3. The fourth-order valence-electron chi connectivity index (χ4n) is 1.33. The summed E-state index contributed by atoms with van der Waals surface area (Å²) in [6.07, 6.45) is 0. The van der Waals surface area contributed by atoms with Crippen molar-refractivity contribution < 1.29 is 24.2 Å². The van der Waals surface area contributed by atoms with E-state index in [1.54, 1.807) is 24.3 Å². The van der Waals surface area contributed by atoms with Crippen molar-refractivity contribution in [1.29, 1.82) is 0 Å². The summed E-state index contributed by atoms with van der Waals surface area (Å²) in [5, 5.41) is 11.0. The third kappa shape index (κ3) is 4.87. The number of carbonyl (C=O) groups is 2. The molecule has 1 rings (SSSR count). The van der Waals surface area contributed by atoms with Crippen LogP contribution in [0.5, 0.6) is 11.5 Å². The van der Waals surface area contributed by atoms with E-state index >= 15 is 0 Å². The minimum Gasteiger partial charge on any atom is -0.490 e. The van der Waals surface area contributed by atoms with Gasteiger partial charge < -0.3 is 19.9 Å². The van der Waals surface area contributed by atoms with Crippen LogP contribution >= 0.6 is 0 Å². The molecule has 0 aliphatic carbocycles. The number of carboxylic acids is 1. The van der Waals surface area contributed by atoms with Crippen LogP contribution in [0, 0.1) is 0 Å². The molecular weight excluding hydrogens is 250 g/mol. The van der Waals surface area contributed by atoms with Crippen LogP contribution in [0.2, 0.25) is 0 Å². The van der Waals surface area contributed by atoms with Crippen LogP contribution in [0.4, 0.5) is 0 Å². The molecule has 0 spiro atoms. The number of nitrogens with one attached hydrogen (secondary N) is 1. The van der Waals surface area contributed by atoms with E-state index in [0.29, 0.717) is 18.1 Å². The standard InChI is InChI=1S/C13H17NO5/c1-3-18-10-6-4-5-7-11(10)19-8-12(15)14-9(2)13(16)17/h4-7,9H,3,8H2,1-2H3,(H,14,15)(H,16,17)/t9-/m1/s1. The number of rotatable bonds is 7. The molecule has 0 unspecified atom stereocenters. The number of benzene rings is 1. The first kappa shape index (κ1) is 14.8. The normalized spacial score (nSPS) is 11.5. The topological polar surface area (TPSA) is 84.9 Å². The molecular formula is C13H17NO5. The van der Waals surface area contributed by atoms with Crippen LogP contribution < -0.4 is 14.8 Å². The van der Waals surface area contributed by atoms with Gasteiger partial charge in [-0.2, -0.15) is 0 Å². The highest BCUT2D eigenvalue weighted by molar-refractivity contribution is 5.84. The van der Waals surface area contributed by atoms with Gasteiger partial charge in [-0.3, -0.25) is 9.59 Å². The van der Waals surface area contributed by atoms with Crippen LogP contribution in [0.1, 0.15) is 13.8 Å². The summed E-state index contributed by atoms with van der Waals surface area (Å²) in [4.78, 5) is 22.0. The Hall–Kier alpha value is -2.24. The molecule has 1 amide bonds. The summed E-state index contributed by atoms with van der Waals surface area (Å²) in [5.74, 6) is -0.601. The quantitative estimate of drug-likeness (QED) is 0.771. The zero-order valence-electron chi connectivity index (χ0n) is 10.9. The van der Waals surface area contributed by atoms with Crippen molar-refractivity contribution in [3.63, 3.8) is 0 Å². The van der Waals surface area contributed by atoms with Gasteiger partial charge in [0.2, 0.25) is 0 Å². The molecule has 6 nitrogen and oxygen atoms in total. The fraction of sp³-hybridized carbons (Fsp3) is 0.385. The molecule has 1 aromatic carbocycles. The molecule has 1 atom stereocenters. The number of para-hydroxylation sites is 2. The Morgan fingerprint density at radius 3 is 2.37 bits per heavy atom. The summed E-state index contributed by atoms with van der Waals surface area (Å²) in [6, 6.07) is 6.02. The van der Waals surface area contributed by atoms with E-state index in [2.05, 4.69) is 5.32 Å². The summed E-state index contributed by atoms with van der Waals surface area (Å²) >= 11 is 0. The van der Waals surface area contributed by atoms with E-state index in [1.807, 2.05) is 6.92 Å². The summed E-state index contributed by atoms with van der Waals surface area (Å²) in [5.41, 5.74) is 0. The van der Waals surface area contributed by atoms with Crippen molar-refractivity contribution >= 4 is 11.9 Å². The average Bonchev–Trinajstić information content (AvgIpc) is 2.38. The maximum Gasteiger partial charge on any atom is 0.325 e. The predicted molar refractivity (Wildman–Crippen MR) is 68.3 cm³/mol. The van der Waals surface area contributed by atoms with E-state index in [4.69, 9.17) is 14.6 Å². The first-order valence-electron chi connectivity index (χ1n) is 5.91. The smallest absolute Gasteiger partial charge is 0.325 e. The Balaban J connectivity index is 2.52. The van der Waals surface area contributed by atoms with Crippen LogP contribution in [0.25, 0.3) is 0 Å². The van der Waals surface area contributed by atoms with E-state index in [9.17, 15) is 9.59 Å². The number of carboxylic acid groups (broad SMARTS) is 1. The highest BCUT2D eigenvalue weighted by Gasteiger charge is 2.14. The van der Waals surface area contributed by atoms with Crippen molar-refractivity contribution in [3.05, 3.63) is 24.3 Å². The molecule has 0 aromatic heterocycles. The molecule has 0 fully saturated rings. The van der Waals surface area contributed by atoms with E-state index in [1.165, 1.54) is 6.92 Å². The van der Waals surface area contributed by atoms with E-state index in [-0.39, 0.29) is 6.61 Å². The van der Waals surface area contributed by atoms with Crippen molar-refractivity contribution in [2.75, 3.05) is 13.2 Å². The van der Waals surface area contributed by atoms with Crippen LogP contribution in [0.3, 0.4) is 0 Å². The van der Waals surface area contributed by atoms with Gasteiger partial charge in [-0.25, -0.2) is 0 Å². The lowest BCUT2D eigenvalue weighted by Crippen LogP contribution is -2.40. The van der Waals surface area contributed by atoms with Gasteiger partial charge >= 0.3 is 5.97 Å². The molecule has 0 aliphatic heterocycles. The van der Waals surface area contributed by atoms with Crippen molar-refractivity contribution in [3.8, 4) is 11.5 Å². The minimum atomic E-state index is -1.09. The second kappa shape index (κ2) is 7.25. The number of amides is 1. The molecule has 1 aromatic rings. The monoisotopic (exact) mass is 267 g/mol. The van der Waals surface area contributed by atoms with Gasteiger partial charge in [0.1, 0.15) is 6.04 Å². The molecule has 6 heteroatoms. The number of hydrogen-bond donors (Lipinski definition) is 2. The lowest BCUT2D eigenvalue weighted by Gasteiger charge is -2.12. The van der Waals surface area contributed by atoms with Gasteiger partial charge in [0, 0.05) is 0 Å². The average molecular weight is 267 g/mol. The van der Waals surface area contributed by atoms with E-state index < -0.39 is 17.9 Å². The van der Waals surface area contributed by atoms with Gasteiger partial charge in [0.25, 0.3) is 5.91 Å². The summed E-state index contributed by atoms with van der Waals surface area (Å²) < 4.78 is 10.6. The van der Waals surface area contributed by atoms with Crippen molar-refractivity contribution in [2.45, 2.75) is 19.9 Å². The zero-order chi connectivity index (χ0) is 14.3. The summed E-state index contributed by atoms with van der Waals surface area (Å²) in [6.45, 7) is 3.46. The maximum atomic E-state index is 11.5. The van der Waals surface area contributed by atoms with Crippen molar-refractivity contribution in [1.82, 2.24) is 5.32 Å². The zero-order valence-corrected chi connectivity index (χ0v) is 10.9. The Bertz CT molecular complexity index is 446. The van der Waals surface area contributed by atoms with Gasteiger partial charge in [-0.15, -0.1) is 0 Å². The summed E-state index contributed by atoms with van der Waals surface area (Å²) in [7, 11) is 0. The molecule has 0 radical (unpaired) electrons. The second-order valence-corrected chi connectivity index (χ2v) is 3.80.